The second-order valence-corrected chi connectivity index (χ2v) is 7.40. The first kappa shape index (κ1) is 17.8. The Morgan fingerprint density at radius 2 is 1.86 bits per heavy atom. The number of benzene rings is 1. The number of hydrogen-bond acceptors (Lipinski definition) is 4. The van der Waals surface area contributed by atoms with Crippen molar-refractivity contribution in [3.63, 3.8) is 0 Å². The second kappa shape index (κ2) is 7.66. The van der Waals surface area contributed by atoms with E-state index < -0.39 is 10.0 Å². The van der Waals surface area contributed by atoms with Gasteiger partial charge < -0.3 is 9.47 Å². The molecule has 0 fully saturated rings. The SMILES string of the molecule is CCS(=O)(=O)N[C@H](C)c1ccc(OCC(C)C)c(OC)c1. The molecule has 0 saturated heterocycles. The van der Waals surface area contributed by atoms with Crippen molar-refractivity contribution in [2.45, 2.75) is 33.7 Å². The number of methoxy groups -OCH3 is 1. The molecule has 6 heteroatoms. The predicted octanol–water partition coefficient (Wildman–Crippen LogP) is 2.73. The van der Waals surface area contributed by atoms with Gasteiger partial charge in [0.1, 0.15) is 0 Å². The number of ether oxygens (including phenoxy) is 2. The lowest BCUT2D eigenvalue weighted by Gasteiger charge is -2.17. The highest BCUT2D eigenvalue weighted by atomic mass is 32.2. The molecule has 120 valence electrons. The third kappa shape index (κ3) is 5.55. The molecule has 0 unspecified atom stereocenters. The fraction of sp³-hybridized carbons (Fsp3) is 0.600. The Balaban J connectivity index is 2.91. The molecule has 21 heavy (non-hydrogen) atoms. The smallest absolute Gasteiger partial charge is 0.211 e. The maximum absolute atomic E-state index is 11.6. The van der Waals surface area contributed by atoms with E-state index in [-0.39, 0.29) is 11.8 Å². The molecule has 0 saturated carbocycles. The van der Waals surface area contributed by atoms with Gasteiger partial charge in [0.25, 0.3) is 0 Å². The molecule has 0 heterocycles. The topological polar surface area (TPSA) is 64.6 Å². The Morgan fingerprint density at radius 1 is 1.19 bits per heavy atom. The van der Waals surface area contributed by atoms with Crippen molar-refractivity contribution < 1.29 is 17.9 Å². The van der Waals surface area contributed by atoms with Gasteiger partial charge in [0.15, 0.2) is 11.5 Å². The summed E-state index contributed by atoms with van der Waals surface area (Å²) in [6, 6.07) is 5.15. The summed E-state index contributed by atoms with van der Waals surface area (Å²) in [6.45, 7) is 8.16. The zero-order chi connectivity index (χ0) is 16.0. The first-order valence-corrected chi connectivity index (χ1v) is 8.75. The normalized spacial score (nSPS) is 13.2. The average molecular weight is 315 g/mol. The first-order valence-electron chi connectivity index (χ1n) is 7.09. The van der Waals surface area contributed by atoms with Crippen LogP contribution in [0.15, 0.2) is 18.2 Å². The molecule has 0 aliphatic heterocycles. The quantitative estimate of drug-likeness (QED) is 0.801. The maximum Gasteiger partial charge on any atom is 0.211 e. The van der Waals surface area contributed by atoms with E-state index in [1.54, 1.807) is 27.0 Å². The summed E-state index contributed by atoms with van der Waals surface area (Å²) in [5, 5.41) is 0. The Hall–Kier alpha value is -1.27. The lowest BCUT2D eigenvalue weighted by atomic mass is 10.1. The second-order valence-electron chi connectivity index (χ2n) is 5.36. The van der Waals surface area contributed by atoms with E-state index in [9.17, 15) is 8.42 Å². The molecule has 0 amide bonds. The summed E-state index contributed by atoms with van der Waals surface area (Å²) < 4.78 is 36.9. The minimum atomic E-state index is -3.24. The van der Waals surface area contributed by atoms with E-state index in [0.29, 0.717) is 24.0 Å². The van der Waals surface area contributed by atoms with Gasteiger partial charge in [-0.05, 0) is 37.5 Å². The van der Waals surface area contributed by atoms with E-state index >= 15 is 0 Å². The molecule has 5 nitrogen and oxygen atoms in total. The molecule has 0 bridgehead atoms. The molecule has 1 atom stereocenters. The minimum absolute atomic E-state index is 0.0596. The number of hydrogen-bond donors (Lipinski definition) is 1. The van der Waals surface area contributed by atoms with Gasteiger partial charge in [0.05, 0.1) is 19.5 Å². The van der Waals surface area contributed by atoms with Crippen LogP contribution in [0.4, 0.5) is 0 Å². The predicted molar refractivity (Wildman–Crippen MR) is 84.3 cm³/mol. The molecule has 0 aliphatic carbocycles. The standard InChI is InChI=1S/C15H25NO4S/c1-6-21(17,18)16-12(4)13-7-8-14(15(9-13)19-5)20-10-11(2)3/h7-9,11-12,16H,6,10H2,1-5H3/t12-/m1/s1. The van der Waals surface area contributed by atoms with E-state index in [4.69, 9.17) is 9.47 Å². The largest absolute Gasteiger partial charge is 0.493 e. The summed E-state index contributed by atoms with van der Waals surface area (Å²) in [6.07, 6.45) is 0. The van der Waals surface area contributed by atoms with Gasteiger partial charge in [-0.15, -0.1) is 0 Å². The maximum atomic E-state index is 11.6. The van der Waals surface area contributed by atoms with Crippen molar-refractivity contribution in [2.24, 2.45) is 5.92 Å². The molecular formula is C15H25NO4S. The van der Waals surface area contributed by atoms with Crippen molar-refractivity contribution in [1.29, 1.82) is 0 Å². The Morgan fingerprint density at radius 3 is 2.38 bits per heavy atom. The van der Waals surface area contributed by atoms with Crippen LogP contribution in [-0.4, -0.2) is 27.9 Å². The van der Waals surface area contributed by atoms with Gasteiger partial charge in [-0.1, -0.05) is 19.9 Å². The zero-order valence-corrected chi connectivity index (χ0v) is 14.2. The van der Waals surface area contributed by atoms with Crippen molar-refractivity contribution in [2.75, 3.05) is 19.5 Å². The minimum Gasteiger partial charge on any atom is -0.493 e. The molecule has 1 rings (SSSR count). The first-order chi connectivity index (χ1) is 9.79. The van der Waals surface area contributed by atoms with Crippen LogP contribution in [0.5, 0.6) is 11.5 Å². The van der Waals surface area contributed by atoms with Gasteiger partial charge in [-0.25, -0.2) is 13.1 Å². The third-order valence-corrected chi connectivity index (χ3v) is 4.47. The zero-order valence-electron chi connectivity index (χ0n) is 13.3. The molecule has 1 aromatic carbocycles. The van der Waals surface area contributed by atoms with Crippen LogP contribution < -0.4 is 14.2 Å². The molecule has 0 aliphatic rings. The lowest BCUT2D eigenvalue weighted by molar-refractivity contribution is 0.256. The molecule has 1 aromatic rings. The Bertz CT molecular complexity index is 555. The fourth-order valence-corrected chi connectivity index (χ4v) is 2.59. The van der Waals surface area contributed by atoms with Crippen LogP contribution >= 0.6 is 0 Å². The van der Waals surface area contributed by atoms with Gasteiger partial charge in [0.2, 0.25) is 10.0 Å². The fourth-order valence-electron chi connectivity index (χ4n) is 1.75. The van der Waals surface area contributed by atoms with Crippen LogP contribution in [0.1, 0.15) is 39.3 Å². The lowest BCUT2D eigenvalue weighted by Crippen LogP contribution is -2.28. The van der Waals surface area contributed by atoms with E-state index in [1.807, 2.05) is 12.1 Å². The summed E-state index contributed by atoms with van der Waals surface area (Å²) >= 11 is 0. The van der Waals surface area contributed by atoms with Crippen molar-refractivity contribution >= 4 is 10.0 Å². The third-order valence-electron chi connectivity index (χ3n) is 3.00. The van der Waals surface area contributed by atoms with Gasteiger partial charge in [-0.3, -0.25) is 0 Å². The van der Waals surface area contributed by atoms with Crippen molar-refractivity contribution in [1.82, 2.24) is 4.72 Å². The molecule has 0 spiro atoms. The Kier molecular flexibility index (Phi) is 6.48. The Labute approximate surface area is 127 Å². The summed E-state index contributed by atoms with van der Waals surface area (Å²) in [5.41, 5.74) is 0.834. The molecule has 1 N–H and O–H groups in total. The van der Waals surface area contributed by atoms with E-state index in [1.165, 1.54) is 0 Å². The summed E-state index contributed by atoms with van der Waals surface area (Å²) in [5.74, 6) is 1.75. The van der Waals surface area contributed by atoms with Gasteiger partial charge >= 0.3 is 0 Å². The van der Waals surface area contributed by atoms with Crippen LogP contribution in [0.25, 0.3) is 0 Å². The summed E-state index contributed by atoms with van der Waals surface area (Å²) in [4.78, 5) is 0. The number of rotatable bonds is 8. The molecule has 0 aromatic heterocycles. The van der Waals surface area contributed by atoms with Gasteiger partial charge in [-0.2, -0.15) is 0 Å². The van der Waals surface area contributed by atoms with Crippen LogP contribution in [-0.2, 0) is 10.0 Å². The van der Waals surface area contributed by atoms with Crippen LogP contribution in [0, 0.1) is 5.92 Å². The van der Waals surface area contributed by atoms with Gasteiger partial charge in [0, 0.05) is 6.04 Å². The number of nitrogens with one attached hydrogen (secondary N) is 1. The average Bonchev–Trinajstić information content (AvgIpc) is 2.44. The van der Waals surface area contributed by atoms with Crippen LogP contribution in [0.2, 0.25) is 0 Å². The summed E-state index contributed by atoms with van der Waals surface area (Å²) in [7, 11) is -1.67. The van der Waals surface area contributed by atoms with Crippen molar-refractivity contribution in [3.05, 3.63) is 23.8 Å². The highest BCUT2D eigenvalue weighted by molar-refractivity contribution is 7.89. The van der Waals surface area contributed by atoms with Crippen molar-refractivity contribution in [3.8, 4) is 11.5 Å². The number of sulfonamides is 1. The van der Waals surface area contributed by atoms with E-state index in [2.05, 4.69) is 18.6 Å². The molecular weight excluding hydrogens is 290 g/mol. The highest BCUT2D eigenvalue weighted by Gasteiger charge is 2.16. The monoisotopic (exact) mass is 315 g/mol. The molecule has 0 radical (unpaired) electrons. The van der Waals surface area contributed by atoms with Crippen LogP contribution in [0.3, 0.4) is 0 Å². The van der Waals surface area contributed by atoms with E-state index in [0.717, 1.165) is 5.56 Å². The highest BCUT2D eigenvalue weighted by Crippen LogP contribution is 2.30.